The molecule has 2 nitrogen and oxygen atoms in total. The van der Waals surface area contributed by atoms with E-state index in [9.17, 15) is 4.79 Å². The number of rotatable bonds is 5. The quantitative estimate of drug-likeness (QED) is 0.705. The number of alkyl halides is 1. The van der Waals surface area contributed by atoms with Gasteiger partial charge in [-0.15, -0.1) is 11.6 Å². The highest BCUT2D eigenvalue weighted by atomic mass is 35.5. The molecule has 2 unspecified atom stereocenters. The molecule has 1 saturated carbocycles. The second-order valence-corrected chi connectivity index (χ2v) is 4.64. The number of carbonyl (C=O) groups is 1. The van der Waals surface area contributed by atoms with Gasteiger partial charge in [-0.05, 0) is 24.7 Å². The Hall–Kier alpha value is -0.240. The van der Waals surface area contributed by atoms with Crippen molar-refractivity contribution in [3.63, 3.8) is 0 Å². The minimum absolute atomic E-state index is 0.157. The molecule has 0 aromatic heterocycles. The highest BCUT2D eigenvalue weighted by Crippen LogP contribution is 2.30. The van der Waals surface area contributed by atoms with Crippen LogP contribution in [0, 0.1) is 11.8 Å². The molecule has 0 radical (unpaired) electrons. The molecule has 0 aromatic carbocycles. The van der Waals surface area contributed by atoms with Gasteiger partial charge >= 0.3 is 0 Å². The Morgan fingerprint density at radius 1 is 1.50 bits per heavy atom. The summed E-state index contributed by atoms with van der Waals surface area (Å²) < 4.78 is 0. The van der Waals surface area contributed by atoms with Crippen LogP contribution < -0.4 is 5.32 Å². The largest absolute Gasteiger partial charge is 0.356 e. The molecule has 0 aliphatic heterocycles. The third kappa shape index (κ3) is 3.87. The van der Waals surface area contributed by atoms with Gasteiger partial charge in [0.25, 0.3) is 0 Å². The van der Waals surface area contributed by atoms with E-state index in [4.69, 9.17) is 11.6 Å². The normalized spacial score (nSPS) is 26.4. The Kier molecular flexibility index (Phi) is 5.31. The van der Waals surface area contributed by atoms with Crippen LogP contribution in [-0.2, 0) is 4.79 Å². The van der Waals surface area contributed by atoms with Crippen LogP contribution in [0.5, 0.6) is 0 Å². The van der Waals surface area contributed by atoms with Crippen LogP contribution in [0.25, 0.3) is 0 Å². The van der Waals surface area contributed by atoms with Crippen LogP contribution in [0.1, 0.15) is 39.0 Å². The minimum Gasteiger partial charge on any atom is -0.356 e. The van der Waals surface area contributed by atoms with E-state index in [2.05, 4.69) is 12.2 Å². The topological polar surface area (TPSA) is 29.1 Å². The lowest BCUT2D eigenvalue weighted by atomic mass is 9.98. The average Bonchev–Trinajstić information content (AvgIpc) is 2.58. The Balaban J connectivity index is 2.10. The molecule has 1 aliphatic carbocycles. The molecule has 0 saturated heterocycles. The molecule has 1 rings (SSSR count). The molecule has 1 amide bonds. The molecule has 82 valence electrons. The smallest absolute Gasteiger partial charge is 0.220 e. The highest BCUT2D eigenvalue weighted by Gasteiger charge is 2.23. The van der Waals surface area contributed by atoms with E-state index in [0.717, 1.165) is 18.9 Å². The summed E-state index contributed by atoms with van der Waals surface area (Å²) >= 11 is 5.52. The molecule has 0 aromatic rings. The molecule has 0 spiro atoms. The molecule has 0 heterocycles. The lowest BCUT2D eigenvalue weighted by Gasteiger charge is -2.15. The van der Waals surface area contributed by atoms with Crippen LogP contribution in [0.15, 0.2) is 0 Å². The third-order valence-corrected chi connectivity index (χ3v) is 3.41. The zero-order valence-electron chi connectivity index (χ0n) is 8.89. The van der Waals surface area contributed by atoms with Gasteiger partial charge in [-0.2, -0.15) is 0 Å². The van der Waals surface area contributed by atoms with Crippen LogP contribution in [0.3, 0.4) is 0 Å². The van der Waals surface area contributed by atoms with Gasteiger partial charge < -0.3 is 5.32 Å². The fraction of sp³-hybridized carbons (Fsp3) is 0.909. The number of amides is 1. The lowest BCUT2D eigenvalue weighted by Crippen LogP contribution is -2.30. The van der Waals surface area contributed by atoms with Crippen molar-refractivity contribution in [2.24, 2.45) is 11.8 Å². The number of hydrogen-bond acceptors (Lipinski definition) is 1. The van der Waals surface area contributed by atoms with E-state index in [0.29, 0.717) is 18.2 Å². The standard InChI is InChI=1S/C11H20ClNO/c1-9-4-2-5-10(9)8-13-11(14)6-3-7-12/h9-10H,2-8H2,1H3,(H,13,14). The highest BCUT2D eigenvalue weighted by molar-refractivity contribution is 6.17. The zero-order chi connectivity index (χ0) is 10.4. The van der Waals surface area contributed by atoms with Gasteiger partial charge in [-0.3, -0.25) is 4.79 Å². The maximum absolute atomic E-state index is 11.3. The SMILES string of the molecule is CC1CCCC1CNC(=O)CCCCl. The molecule has 2 atom stereocenters. The van der Waals surface area contributed by atoms with Gasteiger partial charge in [0.15, 0.2) is 0 Å². The van der Waals surface area contributed by atoms with Crippen molar-refractivity contribution in [2.45, 2.75) is 39.0 Å². The second kappa shape index (κ2) is 6.28. The summed E-state index contributed by atoms with van der Waals surface area (Å²) in [5.41, 5.74) is 0. The summed E-state index contributed by atoms with van der Waals surface area (Å²) in [5, 5.41) is 2.99. The first kappa shape index (κ1) is 11.8. The van der Waals surface area contributed by atoms with Crippen molar-refractivity contribution in [3.05, 3.63) is 0 Å². The summed E-state index contributed by atoms with van der Waals surface area (Å²) in [7, 11) is 0. The third-order valence-electron chi connectivity index (χ3n) is 3.14. The van der Waals surface area contributed by atoms with Crippen molar-refractivity contribution in [1.82, 2.24) is 5.32 Å². The maximum Gasteiger partial charge on any atom is 0.220 e. The first-order valence-electron chi connectivity index (χ1n) is 5.56. The fourth-order valence-electron chi connectivity index (χ4n) is 2.09. The maximum atomic E-state index is 11.3. The van der Waals surface area contributed by atoms with Crippen molar-refractivity contribution < 1.29 is 4.79 Å². The Labute approximate surface area is 91.4 Å². The second-order valence-electron chi connectivity index (χ2n) is 4.26. The van der Waals surface area contributed by atoms with Crippen molar-refractivity contribution in [3.8, 4) is 0 Å². The summed E-state index contributed by atoms with van der Waals surface area (Å²) in [6.07, 6.45) is 5.28. The zero-order valence-corrected chi connectivity index (χ0v) is 9.65. The summed E-state index contributed by atoms with van der Waals surface area (Å²) in [4.78, 5) is 11.3. The minimum atomic E-state index is 0.157. The summed E-state index contributed by atoms with van der Waals surface area (Å²) in [6, 6.07) is 0. The van der Waals surface area contributed by atoms with Crippen LogP contribution in [0.2, 0.25) is 0 Å². The number of nitrogens with one attached hydrogen (secondary N) is 1. The van der Waals surface area contributed by atoms with Crippen LogP contribution in [0.4, 0.5) is 0 Å². The fourth-order valence-corrected chi connectivity index (χ4v) is 2.22. The van der Waals surface area contributed by atoms with Gasteiger partial charge in [0, 0.05) is 18.8 Å². The van der Waals surface area contributed by atoms with Gasteiger partial charge in [-0.1, -0.05) is 19.8 Å². The predicted octanol–water partition coefficient (Wildman–Crippen LogP) is 2.56. The average molecular weight is 218 g/mol. The lowest BCUT2D eigenvalue weighted by molar-refractivity contribution is -0.121. The van der Waals surface area contributed by atoms with Crippen LogP contribution >= 0.6 is 11.6 Å². The Morgan fingerprint density at radius 2 is 2.29 bits per heavy atom. The predicted molar refractivity (Wildman–Crippen MR) is 59.5 cm³/mol. The van der Waals surface area contributed by atoms with E-state index in [1.165, 1.54) is 19.3 Å². The number of halogens is 1. The molecule has 0 bridgehead atoms. The van der Waals surface area contributed by atoms with E-state index in [-0.39, 0.29) is 5.91 Å². The molecule has 3 heteroatoms. The van der Waals surface area contributed by atoms with Crippen LogP contribution in [-0.4, -0.2) is 18.3 Å². The number of hydrogen-bond donors (Lipinski definition) is 1. The molecule has 1 N–H and O–H groups in total. The van der Waals surface area contributed by atoms with Crippen molar-refractivity contribution >= 4 is 17.5 Å². The first-order chi connectivity index (χ1) is 6.74. The van der Waals surface area contributed by atoms with Gasteiger partial charge in [0.1, 0.15) is 0 Å². The van der Waals surface area contributed by atoms with Gasteiger partial charge in [-0.25, -0.2) is 0 Å². The summed E-state index contributed by atoms with van der Waals surface area (Å²) in [5.74, 6) is 2.22. The molecule has 1 fully saturated rings. The van der Waals surface area contributed by atoms with E-state index < -0.39 is 0 Å². The Bertz CT molecular complexity index is 184. The van der Waals surface area contributed by atoms with E-state index >= 15 is 0 Å². The molecule has 14 heavy (non-hydrogen) atoms. The van der Waals surface area contributed by atoms with E-state index in [1.54, 1.807) is 0 Å². The van der Waals surface area contributed by atoms with Crippen molar-refractivity contribution in [1.29, 1.82) is 0 Å². The first-order valence-corrected chi connectivity index (χ1v) is 6.10. The molecular weight excluding hydrogens is 198 g/mol. The van der Waals surface area contributed by atoms with Crippen molar-refractivity contribution in [2.75, 3.05) is 12.4 Å². The summed E-state index contributed by atoms with van der Waals surface area (Å²) in [6.45, 7) is 3.14. The monoisotopic (exact) mass is 217 g/mol. The van der Waals surface area contributed by atoms with Gasteiger partial charge in [0.2, 0.25) is 5.91 Å². The molecule has 1 aliphatic rings. The molecular formula is C11H20ClNO. The van der Waals surface area contributed by atoms with E-state index in [1.807, 2.05) is 0 Å². The number of carbonyl (C=O) groups excluding carboxylic acids is 1. The van der Waals surface area contributed by atoms with Gasteiger partial charge in [0.05, 0.1) is 0 Å². The Morgan fingerprint density at radius 3 is 2.86 bits per heavy atom.